The van der Waals surface area contributed by atoms with E-state index in [4.69, 9.17) is 5.73 Å². The molecule has 4 heterocycles. The van der Waals surface area contributed by atoms with Crippen LogP contribution in [0.2, 0.25) is 0 Å². The second-order valence-corrected chi connectivity index (χ2v) is 10.3. The molecule has 1 fully saturated rings. The molecular weight excluding hydrogens is 436 g/mol. The van der Waals surface area contributed by atoms with E-state index in [-0.39, 0.29) is 23.6 Å². The maximum Gasteiger partial charge on any atom is 0.352 e. The minimum atomic E-state index is -1.11. The van der Waals surface area contributed by atoms with E-state index in [9.17, 15) is 19.8 Å². The summed E-state index contributed by atoms with van der Waals surface area (Å²) in [7, 11) is 0. The van der Waals surface area contributed by atoms with E-state index in [1.807, 2.05) is 17.5 Å². The number of aliphatic carboxylic acids is 1. The van der Waals surface area contributed by atoms with Gasteiger partial charge in [0.2, 0.25) is 5.91 Å². The van der Waals surface area contributed by atoms with Crippen LogP contribution in [0.25, 0.3) is 10.4 Å². The highest BCUT2D eigenvalue weighted by atomic mass is 32.2. The summed E-state index contributed by atoms with van der Waals surface area (Å²) in [5, 5.41) is 20.8. The number of hydrogen-bond donors (Lipinski definition) is 3. The van der Waals surface area contributed by atoms with Crippen LogP contribution in [0.4, 0.5) is 0 Å². The third-order valence-electron chi connectivity index (χ3n) is 6.16. The molecule has 0 bridgehead atoms. The first-order valence-corrected chi connectivity index (χ1v) is 12.4. The molecule has 10 heteroatoms. The van der Waals surface area contributed by atoms with Gasteiger partial charge in [0.25, 0.3) is 0 Å². The molecule has 2 aromatic heterocycles. The Kier molecular flexibility index (Phi) is 6.43. The van der Waals surface area contributed by atoms with E-state index in [1.165, 1.54) is 16.2 Å². The van der Waals surface area contributed by atoms with Gasteiger partial charge in [-0.25, -0.2) is 9.78 Å². The van der Waals surface area contributed by atoms with Gasteiger partial charge >= 0.3 is 5.97 Å². The highest BCUT2D eigenvalue weighted by molar-refractivity contribution is 7.99. The standard InChI is InChI=1S/C21H28N4O4S2/c1-11-14(17(21(28)29)25-16(11)15(12(2)26)19(25)27)13-9-24-10-23-18(20(24)31-13)30-8-6-4-3-5-7-22/h9-12,15-16,26H,3-8,22H2,1-2H3,(H,28,29)/t11-,12+,15+,16+/m0/s1. The molecule has 4 atom stereocenters. The highest BCUT2D eigenvalue weighted by Gasteiger charge is 2.60. The minimum Gasteiger partial charge on any atom is -0.477 e. The number of carboxylic acid groups (broad SMARTS) is 1. The number of nitrogens with zero attached hydrogens (tertiary/aromatic N) is 3. The lowest BCUT2D eigenvalue weighted by Crippen LogP contribution is -2.63. The second kappa shape index (κ2) is 8.93. The number of nitrogens with two attached hydrogens (primary N) is 1. The SMILES string of the molecule is C[C@@H](O)[C@H]1C(=O)N2C(C(=O)O)=C(c3cn4cnc(SCCCCCCN)c4s3)[C@H](C)[C@H]12. The zero-order valence-corrected chi connectivity index (χ0v) is 19.3. The summed E-state index contributed by atoms with van der Waals surface area (Å²) in [5.74, 6) is -1.16. The fourth-order valence-corrected chi connectivity index (χ4v) is 6.97. The molecule has 1 saturated heterocycles. The van der Waals surface area contributed by atoms with Crippen LogP contribution in [0, 0.1) is 11.8 Å². The van der Waals surface area contributed by atoms with Crippen molar-refractivity contribution in [2.75, 3.05) is 12.3 Å². The van der Waals surface area contributed by atoms with Crippen LogP contribution in [0.3, 0.4) is 0 Å². The van der Waals surface area contributed by atoms with Crippen molar-refractivity contribution in [2.24, 2.45) is 17.6 Å². The summed E-state index contributed by atoms with van der Waals surface area (Å²) in [5.41, 5.74) is 6.25. The predicted octanol–water partition coefficient (Wildman–Crippen LogP) is 2.66. The van der Waals surface area contributed by atoms with Gasteiger partial charge in [0, 0.05) is 17.7 Å². The Bertz CT molecular complexity index is 1030. The Morgan fingerprint density at radius 3 is 2.77 bits per heavy atom. The number of rotatable bonds is 10. The van der Waals surface area contributed by atoms with E-state index in [0.717, 1.165) is 52.7 Å². The maximum absolute atomic E-state index is 12.6. The van der Waals surface area contributed by atoms with Crippen molar-refractivity contribution in [1.82, 2.24) is 14.3 Å². The van der Waals surface area contributed by atoms with E-state index in [2.05, 4.69) is 4.98 Å². The highest BCUT2D eigenvalue weighted by Crippen LogP contribution is 2.51. The van der Waals surface area contributed by atoms with Crippen LogP contribution < -0.4 is 5.73 Å². The Hall–Kier alpha value is -1.88. The molecule has 2 aromatic rings. The Morgan fingerprint density at radius 2 is 2.10 bits per heavy atom. The van der Waals surface area contributed by atoms with Gasteiger partial charge in [-0.3, -0.25) is 9.20 Å². The van der Waals surface area contributed by atoms with Crippen LogP contribution in [0.5, 0.6) is 0 Å². The molecule has 0 unspecified atom stereocenters. The number of aliphatic hydroxyl groups excluding tert-OH is 1. The van der Waals surface area contributed by atoms with Gasteiger partial charge < -0.3 is 20.8 Å². The van der Waals surface area contributed by atoms with Crippen molar-refractivity contribution in [3.63, 3.8) is 0 Å². The largest absolute Gasteiger partial charge is 0.477 e. The first kappa shape index (κ1) is 22.3. The molecule has 0 saturated carbocycles. The number of amides is 1. The molecule has 2 aliphatic heterocycles. The number of hydrogen-bond acceptors (Lipinski definition) is 7. The lowest BCUT2D eigenvalue weighted by atomic mass is 9.77. The average Bonchev–Trinajstić information content (AvgIpc) is 3.35. The third kappa shape index (κ3) is 3.79. The van der Waals surface area contributed by atoms with Gasteiger partial charge in [-0.05, 0) is 32.1 Å². The van der Waals surface area contributed by atoms with E-state index < -0.39 is 18.0 Å². The molecule has 0 spiro atoms. The number of carbonyl (C=O) groups is 2. The van der Waals surface area contributed by atoms with Crippen molar-refractivity contribution in [3.8, 4) is 0 Å². The second-order valence-electron chi connectivity index (χ2n) is 8.23. The summed E-state index contributed by atoms with van der Waals surface area (Å²) in [4.78, 5) is 32.3. The van der Waals surface area contributed by atoms with Gasteiger partial charge in [0.1, 0.15) is 21.9 Å². The predicted molar refractivity (Wildman–Crippen MR) is 121 cm³/mol. The molecule has 8 nitrogen and oxygen atoms in total. The number of thioether (sulfide) groups is 1. The first-order chi connectivity index (χ1) is 14.9. The summed E-state index contributed by atoms with van der Waals surface area (Å²) < 4.78 is 1.93. The van der Waals surface area contributed by atoms with E-state index in [1.54, 1.807) is 25.0 Å². The normalized spacial score (nSPS) is 24.1. The van der Waals surface area contributed by atoms with Crippen LogP contribution in [0.15, 0.2) is 23.2 Å². The number of carbonyl (C=O) groups excluding carboxylic acids is 1. The molecule has 2 aliphatic rings. The Morgan fingerprint density at radius 1 is 1.35 bits per heavy atom. The fraction of sp³-hybridized carbons (Fsp3) is 0.571. The molecular formula is C21H28N4O4S2. The van der Waals surface area contributed by atoms with Crippen LogP contribution in [-0.4, -0.2) is 60.8 Å². The molecule has 4 N–H and O–H groups in total. The number of aliphatic hydroxyl groups is 1. The third-order valence-corrected chi connectivity index (χ3v) is 8.49. The van der Waals surface area contributed by atoms with Gasteiger partial charge in [0.05, 0.1) is 22.9 Å². The monoisotopic (exact) mass is 464 g/mol. The fourth-order valence-electron chi connectivity index (χ4n) is 4.66. The number of imidazole rings is 1. The summed E-state index contributed by atoms with van der Waals surface area (Å²) >= 11 is 3.22. The molecule has 0 aromatic carbocycles. The molecule has 0 radical (unpaired) electrons. The van der Waals surface area contributed by atoms with Crippen molar-refractivity contribution in [1.29, 1.82) is 0 Å². The smallest absolute Gasteiger partial charge is 0.352 e. The van der Waals surface area contributed by atoms with Crippen molar-refractivity contribution in [2.45, 2.75) is 56.7 Å². The molecule has 0 aliphatic carbocycles. The number of unbranched alkanes of at least 4 members (excludes halogenated alkanes) is 3. The van der Waals surface area contributed by atoms with Crippen LogP contribution in [0.1, 0.15) is 44.4 Å². The number of thiazole rings is 1. The van der Waals surface area contributed by atoms with Gasteiger partial charge in [-0.2, -0.15) is 0 Å². The van der Waals surface area contributed by atoms with E-state index in [0.29, 0.717) is 5.57 Å². The molecule has 4 rings (SSSR count). The molecule has 1 amide bonds. The zero-order chi connectivity index (χ0) is 22.3. The Balaban J connectivity index is 1.58. The van der Waals surface area contributed by atoms with Gasteiger partial charge in [0.15, 0.2) is 0 Å². The lowest BCUT2D eigenvalue weighted by Gasteiger charge is -2.46. The number of carboxylic acids is 1. The minimum absolute atomic E-state index is 0.0472. The van der Waals surface area contributed by atoms with Crippen molar-refractivity contribution >= 4 is 45.4 Å². The Labute approximate surface area is 189 Å². The maximum atomic E-state index is 12.6. The number of aromatic nitrogens is 2. The number of β-lactam (4-membered cyclic amide) rings is 1. The first-order valence-electron chi connectivity index (χ1n) is 10.6. The van der Waals surface area contributed by atoms with Crippen molar-refractivity contribution < 1.29 is 19.8 Å². The summed E-state index contributed by atoms with van der Waals surface area (Å²) in [6, 6.07) is -0.310. The quantitative estimate of drug-likeness (QED) is 0.281. The zero-order valence-electron chi connectivity index (χ0n) is 17.7. The van der Waals surface area contributed by atoms with Gasteiger partial charge in [-0.1, -0.05) is 19.8 Å². The van der Waals surface area contributed by atoms with Crippen molar-refractivity contribution in [3.05, 3.63) is 23.1 Å². The van der Waals surface area contributed by atoms with Crippen LogP contribution >= 0.6 is 23.1 Å². The molecule has 168 valence electrons. The van der Waals surface area contributed by atoms with E-state index >= 15 is 0 Å². The summed E-state index contributed by atoms with van der Waals surface area (Å²) in [6.07, 6.45) is 7.31. The van der Waals surface area contributed by atoms with Gasteiger partial charge in [-0.15, -0.1) is 23.1 Å². The summed E-state index contributed by atoms with van der Waals surface area (Å²) in [6.45, 7) is 4.27. The molecule has 31 heavy (non-hydrogen) atoms. The average molecular weight is 465 g/mol. The number of fused-ring (bicyclic) bond motifs is 2. The topological polar surface area (TPSA) is 121 Å². The lowest BCUT2D eigenvalue weighted by molar-refractivity contribution is -0.163. The van der Waals surface area contributed by atoms with Crippen LogP contribution in [-0.2, 0) is 9.59 Å².